The third-order valence-electron chi connectivity index (χ3n) is 4.81. The molecule has 1 saturated heterocycles. The third kappa shape index (κ3) is 3.23. The normalized spacial score (nSPS) is 16.7. The van der Waals surface area contributed by atoms with Crippen molar-refractivity contribution in [1.82, 2.24) is 14.7 Å². The zero-order valence-electron chi connectivity index (χ0n) is 15.3. The van der Waals surface area contributed by atoms with E-state index in [-0.39, 0.29) is 17.6 Å². The van der Waals surface area contributed by atoms with Crippen molar-refractivity contribution in [3.05, 3.63) is 45.9 Å². The lowest BCUT2D eigenvalue weighted by Crippen LogP contribution is -2.28. The van der Waals surface area contributed by atoms with Gasteiger partial charge in [0.05, 0.1) is 12.3 Å². The Balaban J connectivity index is 1.85. The molecule has 8 nitrogen and oxygen atoms in total. The second kappa shape index (κ2) is 6.96. The van der Waals surface area contributed by atoms with Gasteiger partial charge in [0.1, 0.15) is 10.9 Å². The number of H-pyrrole nitrogens is 1. The second-order valence-corrected chi connectivity index (χ2v) is 6.77. The number of carbonyl (C=O) groups excluding carboxylic acids is 1. The molecule has 3 N–H and O–H groups in total. The highest BCUT2D eigenvalue weighted by Gasteiger charge is 2.23. The Bertz CT molecular complexity index is 1090. The lowest BCUT2D eigenvalue weighted by molar-refractivity contribution is -0.319. The number of rotatable bonds is 4. The van der Waals surface area contributed by atoms with Gasteiger partial charge in [0.25, 0.3) is 11.6 Å². The van der Waals surface area contributed by atoms with Crippen LogP contribution in [0.5, 0.6) is 0 Å². The van der Waals surface area contributed by atoms with Crippen molar-refractivity contribution in [1.29, 1.82) is 0 Å². The van der Waals surface area contributed by atoms with Crippen LogP contribution in [0.15, 0.2) is 29.2 Å². The van der Waals surface area contributed by atoms with Gasteiger partial charge in [0, 0.05) is 26.3 Å². The highest BCUT2D eigenvalue weighted by atomic mass is 16.5. The van der Waals surface area contributed by atoms with Crippen LogP contribution < -0.4 is 21.2 Å². The molecule has 1 aliphatic heterocycles. The first-order chi connectivity index (χ1) is 13.1. The zero-order chi connectivity index (χ0) is 19.0. The number of hydrogen-bond donors (Lipinski definition) is 2. The van der Waals surface area contributed by atoms with E-state index in [0.717, 1.165) is 25.0 Å². The van der Waals surface area contributed by atoms with E-state index < -0.39 is 0 Å². The van der Waals surface area contributed by atoms with E-state index in [1.165, 1.54) is 4.40 Å². The van der Waals surface area contributed by atoms with Crippen molar-refractivity contribution < 1.29 is 14.5 Å². The highest BCUT2D eigenvalue weighted by molar-refractivity contribution is 6.01. The number of aromatic amines is 1. The van der Waals surface area contributed by atoms with Gasteiger partial charge in [-0.15, -0.1) is 0 Å². The fourth-order valence-electron chi connectivity index (χ4n) is 3.36. The Morgan fingerprint density at radius 1 is 1.44 bits per heavy atom. The molecule has 0 spiro atoms. The van der Waals surface area contributed by atoms with Crippen molar-refractivity contribution in [3.8, 4) is 0 Å². The Labute approximate surface area is 155 Å². The summed E-state index contributed by atoms with van der Waals surface area (Å²) in [6.45, 7) is 3.24. The van der Waals surface area contributed by atoms with Gasteiger partial charge in [-0.3, -0.25) is 4.79 Å². The third-order valence-corrected chi connectivity index (χ3v) is 4.81. The number of anilines is 1. The van der Waals surface area contributed by atoms with Crippen LogP contribution in [-0.2, 0) is 4.74 Å². The largest absolute Gasteiger partial charge is 0.376 e. The minimum absolute atomic E-state index is 0.106. The molecule has 4 rings (SSSR count). The molecule has 140 valence electrons. The van der Waals surface area contributed by atoms with E-state index in [0.29, 0.717) is 34.6 Å². The smallest absolute Gasteiger partial charge is 0.325 e. The van der Waals surface area contributed by atoms with Gasteiger partial charge >= 0.3 is 5.56 Å². The van der Waals surface area contributed by atoms with Gasteiger partial charge < -0.3 is 15.4 Å². The van der Waals surface area contributed by atoms with Crippen LogP contribution in [0.1, 0.15) is 28.8 Å². The number of nitrogens with zero attached hydrogens (tertiary/aromatic N) is 2. The molecule has 0 aliphatic carbocycles. The van der Waals surface area contributed by atoms with Gasteiger partial charge in [-0.1, -0.05) is 4.98 Å². The molecule has 0 unspecified atom stereocenters. The van der Waals surface area contributed by atoms with Gasteiger partial charge in [-0.05, 0) is 37.5 Å². The predicted molar refractivity (Wildman–Crippen MR) is 101 cm³/mol. The molecule has 0 bridgehead atoms. The van der Waals surface area contributed by atoms with Crippen LogP contribution in [0.2, 0.25) is 0 Å². The second-order valence-electron chi connectivity index (χ2n) is 6.77. The van der Waals surface area contributed by atoms with Crippen LogP contribution in [0.4, 0.5) is 5.82 Å². The molecule has 1 amide bonds. The molecule has 1 aliphatic rings. The number of pyridine rings is 2. The maximum Gasteiger partial charge on any atom is 0.325 e. The van der Waals surface area contributed by atoms with Crippen LogP contribution in [-0.4, -0.2) is 41.6 Å². The van der Waals surface area contributed by atoms with E-state index in [1.807, 2.05) is 19.1 Å². The Hall–Kier alpha value is -3.00. The molecule has 1 fully saturated rings. The average molecular weight is 368 g/mol. The Morgan fingerprint density at radius 2 is 2.30 bits per heavy atom. The predicted octanol–water partition coefficient (Wildman–Crippen LogP) is 0.921. The molecule has 3 aromatic rings. The summed E-state index contributed by atoms with van der Waals surface area (Å²) < 4.78 is 7.16. The molecule has 0 saturated carbocycles. The lowest BCUT2D eigenvalue weighted by Gasteiger charge is -2.12. The van der Waals surface area contributed by atoms with E-state index in [4.69, 9.17) is 4.74 Å². The average Bonchev–Trinajstić information content (AvgIpc) is 3.19. The first-order valence-electron chi connectivity index (χ1n) is 9.03. The van der Waals surface area contributed by atoms with E-state index in [9.17, 15) is 9.59 Å². The maximum absolute atomic E-state index is 12.9. The summed E-state index contributed by atoms with van der Waals surface area (Å²) in [6, 6.07) is 5.35. The summed E-state index contributed by atoms with van der Waals surface area (Å²) in [5, 5.41) is 6.18. The molecule has 3 aromatic heterocycles. The van der Waals surface area contributed by atoms with Crippen molar-refractivity contribution in [3.63, 3.8) is 0 Å². The number of aromatic nitrogens is 3. The summed E-state index contributed by atoms with van der Waals surface area (Å²) in [6.07, 6.45) is 3.88. The number of carbonyl (C=O) groups is 1. The first-order valence-corrected chi connectivity index (χ1v) is 9.03. The van der Waals surface area contributed by atoms with Gasteiger partial charge in [-0.2, -0.15) is 4.40 Å². The fraction of sp³-hybridized carbons (Fsp3) is 0.368. The maximum atomic E-state index is 12.9. The quantitative estimate of drug-likeness (QED) is 0.667. The molecule has 1 atom stereocenters. The summed E-state index contributed by atoms with van der Waals surface area (Å²) in [5.41, 5.74) is 2.16. The SMILES string of the molecule is CNC(=O)c1cc2c(=O)n3cc(C)ccc3[nH+]c2nc1NC[C@H]1CCCO1. The van der Waals surface area contributed by atoms with E-state index in [2.05, 4.69) is 20.6 Å². The first kappa shape index (κ1) is 17.4. The zero-order valence-corrected chi connectivity index (χ0v) is 15.3. The molecule has 8 heteroatoms. The van der Waals surface area contributed by atoms with Crippen LogP contribution in [0.3, 0.4) is 0 Å². The molecule has 4 heterocycles. The minimum atomic E-state index is -0.298. The van der Waals surface area contributed by atoms with Gasteiger partial charge in [0.15, 0.2) is 0 Å². The summed E-state index contributed by atoms with van der Waals surface area (Å²) in [5.74, 6) is 0.137. The fourth-order valence-corrected chi connectivity index (χ4v) is 3.36. The number of amides is 1. The number of hydrogen-bond acceptors (Lipinski definition) is 5. The molecule has 0 aromatic carbocycles. The highest BCUT2D eigenvalue weighted by Crippen LogP contribution is 2.19. The summed E-state index contributed by atoms with van der Waals surface area (Å²) in [7, 11) is 1.55. The Morgan fingerprint density at radius 3 is 3.04 bits per heavy atom. The molecular weight excluding hydrogens is 346 g/mol. The Kier molecular flexibility index (Phi) is 4.49. The monoisotopic (exact) mass is 368 g/mol. The number of aryl methyl sites for hydroxylation is 1. The summed E-state index contributed by atoms with van der Waals surface area (Å²) >= 11 is 0. The summed E-state index contributed by atoms with van der Waals surface area (Å²) in [4.78, 5) is 33.0. The molecule has 0 radical (unpaired) electrons. The van der Waals surface area contributed by atoms with Crippen molar-refractivity contribution in [2.75, 3.05) is 25.5 Å². The minimum Gasteiger partial charge on any atom is -0.376 e. The van der Waals surface area contributed by atoms with Gasteiger partial charge in [-0.25, -0.2) is 9.78 Å². The van der Waals surface area contributed by atoms with E-state index in [1.54, 1.807) is 19.3 Å². The van der Waals surface area contributed by atoms with Gasteiger partial charge in [0.2, 0.25) is 11.5 Å². The van der Waals surface area contributed by atoms with Crippen molar-refractivity contribution in [2.24, 2.45) is 0 Å². The number of nitrogens with one attached hydrogen (secondary N) is 3. The standard InChI is InChI=1S/C19H21N5O3/c1-11-5-6-15-22-17-14(19(26)24(15)10-11)8-13(18(25)20-2)16(23-17)21-9-12-4-3-7-27-12/h5-6,8,10,12H,3-4,7,9H2,1-2H3,(H,20,25)(H,21,23)/p+1/t12-/m1/s1. The lowest BCUT2D eigenvalue weighted by atomic mass is 10.1. The van der Waals surface area contributed by atoms with Crippen molar-refractivity contribution >= 4 is 28.4 Å². The number of fused-ring (bicyclic) bond motifs is 2. The van der Waals surface area contributed by atoms with Crippen LogP contribution in [0.25, 0.3) is 16.7 Å². The number of ether oxygens (including phenoxy) is 1. The van der Waals surface area contributed by atoms with Crippen LogP contribution >= 0.6 is 0 Å². The topological polar surface area (TPSA) is 98.9 Å². The molecule has 27 heavy (non-hydrogen) atoms. The molecular formula is C19H22N5O3+. The van der Waals surface area contributed by atoms with E-state index >= 15 is 0 Å². The van der Waals surface area contributed by atoms with Crippen LogP contribution in [0, 0.1) is 6.92 Å². The van der Waals surface area contributed by atoms with Crippen molar-refractivity contribution in [2.45, 2.75) is 25.9 Å².